The number of sulfone groups is 1. The average molecular weight is 288 g/mol. The molecule has 0 heterocycles. The minimum atomic E-state index is -3.27. The van der Waals surface area contributed by atoms with Gasteiger partial charge in [0.05, 0.1) is 16.6 Å². The fourth-order valence-corrected chi connectivity index (χ4v) is 3.75. The highest BCUT2D eigenvalue weighted by atomic mass is 32.2. The van der Waals surface area contributed by atoms with Crippen molar-refractivity contribution >= 4 is 27.6 Å². The highest BCUT2D eigenvalue weighted by Crippen LogP contribution is 2.28. The molecular weight excluding hydrogens is 272 g/mol. The summed E-state index contributed by atoms with van der Waals surface area (Å²) in [5.74, 6) is -0.990. The van der Waals surface area contributed by atoms with Crippen molar-refractivity contribution in [2.24, 2.45) is 5.92 Å². The molecule has 0 aliphatic heterocycles. The second-order valence-corrected chi connectivity index (χ2v) is 7.21. The first-order valence-corrected chi connectivity index (χ1v) is 8.19. The fraction of sp³-hybridized carbons (Fsp3) is 0.417. The van der Waals surface area contributed by atoms with E-state index in [2.05, 4.69) is 0 Å². The summed E-state index contributed by atoms with van der Waals surface area (Å²) < 4.78 is 23.7. The third-order valence-corrected chi connectivity index (χ3v) is 5.72. The molecule has 6 heteroatoms. The van der Waals surface area contributed by atoms with Gasteiger partial charge in [-0.2, -0.15) is 0 Å². The van der Waals surface area contributed by atoms with Gasteiger partial charge in [-0.05, 0) is 12.1 Å². The zero-order chi connectivity index (χ0) is 13.8. The number of hydrogen-bond acceptors (Lipinski definition) is 4. The van der Waals surface area contributed by atoms with Gasteiger partial charge in [0, 0.05) is 10.6 Å². The Labute approximate surface area is 111 Å². The van der Waals surface area contributed by atoms with Gasteiger partial charge in [-0.3, -0.25) is 4.79 Å². The molecule has 0 aromatic heterocycles. The van der Waals surface area contributed by atoms with Crippen LogP contribution in [0.1, 0.15) is 13.8 Å². The maximum Gasteiger partial charge on any atom is 0.307 e. The second-order valence-electron chi connectivity index (χ2n) is 3.90. The smallest absolute Gasteiger partial charge is 0.307 e. The molecule has 1 aromatic rings. The van der Waals surface area contributed by atoms with E-state index in [0.717, 1.165) is 0 Å². The van der Waals surface area contributed by atoms with Crippen molar-refractivity contribution < 1.29 is 18.3 Å². The van der Waals surface area contributed by atoms with Crippen LogP contribution in [0.25, 0.3) is 0 Å². The Morgan fingerprint density at radius 1 is 1.39 bits per heavy atom. The van der Waals surface area contributed by atoms with Crippen LogP contribution in [0, 0.1) is 5.92 Å². The van der Waals surface area contributed by atoms with Crippen molar-refractivity contribution in [2.45, 2.75) is 23.6 Å². The van der Waals surface area contributed by atoms with E-state index >= 15 is 0 Å². The Hall–Kier alpha value is -1.01. The van der Waals surface area contributed by atoms with Crippen LogP contribution in [0.5, 0.6) is 0 Å². The van der Waals surface area contributed by atoms with E-state index in [-0.39, 0.29) is 10.6 Å². The first-order chi connectivity index (χ1) is 8.38. The zero-order valence-corrected chi connectivity index (χ0v) is 11.9. The minimum absolute atomic E-state index is 0.0407. The monoisotopic (exact) mass is 288 g/mol. The average Bonchev–Trinajstić information content (AvgIpc) is 2.36. The van der Waals surface area contributed by atoms with Crippen molar-refractivity contribution in [1.82, 2.24) is 0 Å². The Balaban J connectivity index is 2.94. The standard InChI is InChI=1S/C12H16O4S2/c1-3-18(15,16)11-7-5-4-6-10(11)17-8-9(2)12(13)14/h4-7,9H,3,8H2,1-2H3,(H,13,14). The molecule has 4 nitrogen and oxygen atoms in total. The van der Waals surface area contributed by atoms with E-state index in [1.807, 2.05) is 0 Å². The molecule has 1 atom stereocenters. The van der Waals surface area contributed by atoms with Crippen molar-refractivity contribution in [3.63, 3.8) is 0 Å². The van der Waals surface area contributed by atoms with Crippen LogP contribution >= 0.6 is 11.8 Å². The molecule has 1 aromatic carbocycles. The SMILES string of the molecule is CCS(=O)(=O)c1ccccc1SCC(C)C(=O)O. The van der Waals surface area contributed by atoms with Gasteiger partial charge in [-0.1, -0.05) is 26.0 Å². The van der Waals surface area contributed by atoms with Crippen molar-refractivity contribution in [1.29, 1.82) is 0 Å². The van der Waals surface area contributed by atoms with Gasteiger partial charge in [0.2, 0.25) is 0 Å². The number of benzene rings is 1. The number of carboxylic acid groups (broad SMARTS) is 1. The summed E-state index contributed by atoms with van der Waals surface area (Å²) in [4.78, 5) is 11.6. The first kappa shape index (κ1) is 15.0. The van der Waals surface area contributed by atoms with Crippen LogP contribution in [0.15, 0.2) is 34.1 Å². The van der Waals surface area contributed by atoms with E-state index in [1.165, 1.54) is 11.8 Å². The summed E-state index contributed by atoms with van der Waals surface area (Å²) in [7, 11) is -3.27. The fourth-order valence-electron chi connectivity index (χ4n) is 1.27. The van der Waals surface area contributed by atoms with E-state index in [9.17, 15) is 13.2 Å². The molecule has 0 aliphatic rings. The number of carboxylic acids is 1. The second kappa shape index (κ2) is 6.24. The highest BCUT2D eigenvalue weighted by Gasteiger charge is 2.18. The molecule has 0 saturated carbocycles. The van der Waals surface area contributed by atoms with Gasteiger partial charge >= 0.3 is 5.97 Å². The molecule has 100 valence electrons. The van der Waals surface area contributed by atoms with E-state index in [1.54, 1.807) is 38.1 Å². The number of aliphatic carboxylic acids is 1. The van der Waals surface area contributed by atoms with Crippen molar-refractivity contribution in [2.75, 3.05) is 11.5 Å². The maximum absolute atomic E-state index is 11.9. The minimum Gasteiger partial charge on any atom is -0.481 e. The quantitative estimate of drug-likeness (QED) is 0.813. The summed E-state index contributed by atoms with van der Waals surface area (Å²) in [6.45, 7) is 3.20. The topological polar surface area (TPSA) is 71.4 Å². The molecule has 1 N–H and O–H groups in total. The normalized spacial score (nSPS) is 13.2. The first-order valence-electron chi connectivity index (χ1n) is 5.56. The Morgan fingerprint density at radius 3 is 2.56 bits per heavy atom. The van der Waals surface area contributed by atoms with Crippen LogP contribution < -0.4 is 0 Å². The molecular formula is C12H16O4S2. The van der Waals surface area contributed by atoms with Crippen LogP contribution in [0.4, 0.5) is 0 Å². The van der Waals surface area contributed by atoms with Gasteiger partial charge in [0.15, 0.2) is 9.84 Å². The van der Waals surface area contributed by atoms with Crippen LogP contribution in [-0.4, -0.2) is 31.0 Å². The molecule has 0 bridgehead atoms. The van der Waals surface area contributed by atoms with Gasteiger partial charge in [-0.15, -0.1) is 11.8 Å². The summed E-state index contributed by atoms with van der Waals surface area (Å²) in [6.07, 6.45) is 0. The van der Waals surface area contributed by atoms with E-state index in [0.29, 0.717) is 10.6 Å². The molecule has 1 unspecified atom stereocenters. The summed E-state index contributed by atoms with van der Waals surface area (Å²) in [5.41, 5.74) is 0. The number of hydrogen-bond donors (Lipinski definition) is 1. The number of rotatable bonds is 6. The molecule has 1 rings (SSSR count). The Kier molecular flexibility index (Phi) is 5.22. The van der Waals surface area contributed by atoms with E-state index in [4.69, 9.17) is 5.11 Å². The van der Waals surface area contributed by atoms with Crippen LogP contribution in [0.3, 0.4) is 0 Å². The largest absolute Gasteiger partial charge is 0.481 e. The highest BCUT2D eigenvalue weighted by molar-refractivity contribution is 8.00. The van der Waals surface area contributed by atoms with Crippen molar-refractivity contribution in [3.8, 4) is 0 Å². The third kappa shape index (κ3) is 3.74. The van der Waals surface area contributed by atoms with E-state index < -0.39 is 21.7 Å². The molecule has 0 amide bonds. The Morgan fingerprint density at radius 2 is 2.00 bits per heavy atom. The number of thioether (sulfide) groups is 1. The molecule has 0 fully saturated rings. The predicted molar refractivity (Wildman–Crippen MR) is 71.7 cm³/mol. The maximum atomic E-state index is 11.9. The van der Waals surface area contributed by atoms with Crippen LogP contribution in [0.2, 0.25) is 0 Å². The van der Waals surface area contributed by atoms with Gasteiger partial charge in [0.1, 0.15) is 0 Å². The lowest BCUT2D eigenvalue weighted by molar-refractivity contribution is -0.140. The van der Waals surface area contributed by atoms with Gasteiger partial charge in [-0.25, -0.2) is 8.42 Å². The molecule has 0 radical (unpaired) electrons. The summed E-state index contributed by atoms with van der Waals surface area (Å²) in [5, 5.41) is 8.80. The molecule has 0 saturated heterocycles. The van der Waals surface area contributed by atoms with Gasteiger partial charge in [0.25, 0.3) is 0 Å². The van der Waals surface area contributed by atoms with Crippen LogP contribution in [-0.2, 0) is 14.6 Å². The predicted octanol–water partition coefficient (Wildman–Crippen LogP) is 2.29. The molecule has 18 heavy (non-hydrogen) atoms. The lowest BCUT2D eigenvalue weighted by Crippen LogP contribution is -2.12. The molecule has 0 spiro atoms. The zero-order valence-electron chi connectivity index (χ0n) is 10.3. The Bertz CT molecular complexity index is 523. The molecule has 0 aliphatic carbocycles. The third-order valence-electron chi connectivity index (χ3n) is 2.47. The summed E-state index contributed by atoms with van der Waals surface area (Å²) >= 11 is 1.27. The lowest BCUT2D eigenvalue weighted by atomic mass is 10.2. The van der Waals surface area contributed by atoms with Crippen molar-refractivity contribution in [3.05, 3.63) is 24.3 Å². The summed E-state index contributed by atoms with van der Waals surface area (Å²) in [6, 6.07) is 6.70. The van der Waals surface area contributed by atoms with Gasteiger partial charge < -0.3 is 5.11 Å². The number of carbonyl (C=O) groups is 1. The lowest BCUT2D eigenvalue weighted by Gasteiger charge is -2.10.